The molecule has 2 fully saturated rings. The van der Waals surface area contributed by atoms with Gasteiger partial charge in [0, 0.05) is 55.1 Å². The molecule has 148 valence electrons. The number of pyridine rings is 1. The number of H-pyrrole nitrogens is 1. The summed E-state index contributed by atoms with van der Waals surface area (Å²) in [6.07, 6.45) is 4.65. The average molecular weight is 389 g/mol. The molecule has 3 atom stereocenters. The van der Waals surface area contributed by atoms with Gasteiger partial charge in [-0.05, 0) is 48.4 Å². The number of carbonyl (C=O) groups excluding carboxylic acids is 2. The normalized spacial score (nSPS) is 22.5. The maximum Gasteiger partial charge on any atom is 0.251 e. The molecule has 1 saturated heterocycles. The molecular weight excluding hydrogens is 366 g/mol. The Balaban J connectivity index is 1.09. The fourth-order valence-corrected chi connectivity index (χ4v) is 4.50. The number of amides is 2. The maximum absolute atomic E-state index is 12.5. The molecule has 1 aliphatic heterocycles. The van der Waals surface area contributed by atoms with Crippen LogP contribution in [0.5, 0.6) is 0 Å². The average Bonchev–Trinajstić information content (AvgIpc) is 3.15. The number of hydrogen-bond donors (Lipinski definition) is 2. The lowest BCUT2D eigenvalue weighted by molar-refractivity contribution is -0.130. The Kier molecular flexibility index (Phi) is 4.50. The number of benzene rings is 1. The van der Waals surface area contributed by atoms with E-state index in [4.69, 9.17) is 0 Å². The van der Waals surface area contributed by atoms with Gasteiger partial charge in [-0.2, -0.15) is 5.10 Å². The van der Waals surface area contributed by atoms with Crippen molar-refractivity contribution in [2.24, 2.45) is 17.8 Å². The zero-order valence-electron chi connectivity index (χ0n) is 16.0. The van der Waals surface area contributed by atoms with Crippen molar-refractivity contribution >= 4 is 22.7 Å². The third kappa shape index (κ3) is 3.60. The third-order valence-electron chi connectivity index (χ3n) is 6.26. The molecule has 29 heavy (non-hydrogen) atoms. The number of carbonyl (C=O) groups is 2. The Labute approximate surface area is 168 Å². The van der Waals surface area contributed by atoms with Gasteiger partial charge in [0.15, 0.2) is 0 Å². The topological polar surface area (TPSA) is 91.0 Å². The number of fused-ring (bicyclic) bond motifs is 2. The Morgan fingerprint density at radius 1 is 1.14 bits per heavy atom. The van der Waals surface area contributed by atoms with Gasteiger partial charge >= 0.3 is 0 Å². The van der Waals surface area contributed by atoms with Gasteiger partial charge in [0.25, 0.3) is 5.91 Å². The maximum atomic E-state index is 12.5. The van der Waals surface area contributed by atoms with Crippen LogP contribution in [0.4, 0.5) is 0 Å². The van der Waals surface area contributed by atoms with Crippen molar-refractivity contribution in [2.45, 2.75) is 12.8 Å². The summed E-state index contributed by atoms with van der Waals surface area (Å²) in [5.74, 6) is 1.66. The molecule has 2 amide bonds. The predicted octanol–water partition coefficient (Wildman–Crippen LogP) is 2.02. The van der Waals surface area contributed by atoms with Crippen molar-refractivity contribution in [3.8, 4) is 0 Å². The first kappa shape index (κ1) is 17.8. The van der Waals surface area contributed by atoms with Crippen LogP contribution in [0.2, 0.25) is 0 Å². The van der Waals surface area contributed by atoms with Crippen LogP contribution in [0.1, 0.15) is 22.5 Å². The van der Waals surface area contributed by atoms with E-state index in [2.05, 4.69) is 20.5 Å². The molecule has 2 aliphatic rings. The molecular formula is C22H23N5O2. The Morgan fingerprint density at radius 2 is 2.00 bits per heavy atom. The number of nitrogens with zero attached hydrogens (tertiary/aromatic N) is 3. The van der Waals surface area contributed by atoms with Crippen molar-refractivity contribution in [1.29, 1.82) is 0 Å². The van der Waals surface area contributed by atoms with E-state index in [1.165, 1.54) is 0 Å². The predicted molar refractivity (Wildman–Crippen MR) is 108 cm³/mol. The lowest BCUT2D eigenvalue weighted by Crippen LogP contribution is -2.34. The number of rotatable bonds is 6. The van der Waals surface area contributed by atoms with E-state index < -0.39 is 0 Å². The number of nitrogens with one attached hydrogen (secondary N) is 2. The molecule has 5 rings (SSSR count). The largest absolute Gasteiger partial charge is 0.352 e. The summed E-state index contributed by atoms with van der Waals surface area (Å²) >= 11 is 0. The second-order valence-electron chi connectivity index (χ2n) is 7.99. The molecule has 7 nitrogen and oxygen atoms in total. The zero-order valence-corrected chi connectivity index (χ0v) is 16.0. The number of aryl methyl sites for hydroxylation is 1. The van der Waals surface area contributed by atoms with Crippen molar-refractivity contribution in [2.75, 3.05) is 19.6 Å². The van der Waals surface area contributed by atoms with Crippen LogP contribution in [-0.4, -0.2) is 51.5 Å². The molecule has 0 spiro atoms. The summed E-state index contributed by atoms with van der Waals surface area (Å²) in [4.78, 5) is 31.2. The first-order chi connectivity index (χ1) is 14.2. The molecule has 1 saturated carbocycles. The lowest BCUT2D eigenvalue weighted by Gasteiger charge is -2.20. The van der Waals surface area contributed by atoms with E-state index in [1.807, 2.05) is 41.3 Å². The van der Waals surface area contributed by atoms with E-state index >= 15 is 0 Å². The fourth-order valence-electron chi connectivity index (χ4n) is 4.50. The van der Waals surface area contributed by atoms with E-state index in [1.54, 1.807) is 12.4 Å². The fraction of sp³-hybridized carbons (Fsp3) is 0.364. The number of aromatic amines is 1. The smallest absolute Gasteiger partial charge is 0.251 e. The van der Waals surface area contributed by atoms with Gasteiger partial charge < -0.3 is 10.2 Å². The van der Waals surface area contributed by atoms with Gasteiger partial charge in [-0.1, -0.05) is 12.1 Å². The van der Waals surface area contributed by atoms with Crippen molar-refractivity contribution in [3.63, 3.8) is 0 Å². The molecule has 2 N–H and O–H groups in total. The Morgan fingerprint density at radius 3 is 2.79 bits per heavy atom. The standard InChI is InChI=1S/C22H23N5O2/c28-21(6-5-16-7-9-25-26-16)27-12-18-17(19(18)13-27)11-24-22(29)15-4-3-14-2-1-8-23-20(14)10-15/h1-4,7-10,17-19H,5-6,11-13H2,(H,24,29)(H,25,26)/t17?,18-,19+. The van der Waals surface area contributed by atoms with Gasteiger partial charge in [0.1, 0.15) is 0 Å². The molecule has 1 aliphatic carbocycles. The highest BCUT2D eigenvalue weighted by Gasteiger charge is 2.56. The van der Waals surface area contributed by atoms with Crippen LogP contribution in [0.25, 0.3) is 10.9 Å². The quantitative estimate of drug-likeness (QED) is 0.675. The highest BCUT2D eigenvalue weighted by Crippen LogP contribution is 2.51. The second-order valence-corrected chi connectivity index (χ2v) is 7.99. The molecule has 1 aromatic carbocycles. The minimum Gasteiger partial charge on any atom is -0.352 e. The van der Waals surface area contributed by atoms with Crippen LogP contribution in [-0.2, 0) is 11.2 Å². The van der Waals surface area contributed by atoms with Gasteiger partial charge in [0.05, 0.1) is 5.52 Å². The molecule has 3 aromatic rings. The summed E-state index contributed by atoms with van der Waals surface area (Å²) < 4.78 is 0. The monoisotopic (exact) mass is 389 g/mol. The van der Waals surface area contributed by atoms with E-state index in [0.717, 1.165) is 29.7 Å². The molecule has 3 heterocycles. The van der Waals surface area contributed by atoms with E-state index in [-0.39, 0.29) is 11.8 Å². The number of piperidine rings is 1. The summed E-state index contributed by atoms with van der Waals surface area (Å²) in [5, 5.41) is 10.9. The molecule has 7 heteroatoms. The minimum absolute atomic E-state index is 0.0602. The highest BCUT2D eigenvalue weighted by atomic mass is 16.2. The third-order valence-corrected chi connectivity index (χ3v) is 6.26. The second kappa shape index (κ2) is 7.31. The SMILES string of the molecule is O=C(NCC1[C@H]2CN(C(=O)CCc3ccn[nH]3)C[C@@H]12)c1ccc2cccnc2c1. The van der Waals surface area contributed by atoms with Crippen LogP contribution in [0, 0.1) is 17.8 Å². The van der Waals surface area contributed by atoms with Crippen LogP contribution in [0.3, 0.4) is 0 Å². The molecule has 0 radical (unpaired) electrons. The first-order valence-corrected chi connectivity index (χ1v) is 10.1. The van der Waals surface area contributed by atoms with Crippen LogP contribution in [0.15, 0.2) is 48.8 Å². The van der Waals surface area contributed by atoms with Crippen molar-refractivity contribution < 1.29 is 9.59 Å². The van der Waals surface area contributed by atoms with Crippen LogP contribution >= 0.6 is 0 Å². The number of hydrogen-bond acceptors (Lipinski definition) is 4. The lowest BCUT2D eigenvalue weighted by atomic mass is 10.1. The number of aromatic nitrogens is 3. The molecule has 1 unspecified atom stereocenters. The summed E-state index contributed by atoms with van der Waals surface area (Å²) in [7, 11) is 0. The van der Waals surface area contributed by atoms with E-state index in [0.29, 0.717) is 42.7 Å². The molecule has 0 bridgehead atoms. The van der Waals surface area contributed by atoms with Gasteiger partial charge in [-0.25, -0.2) is 0 Å². The first-order valence-electron chi connectivity index (χ1n) is 10.1. The number of likely N-dealkylation sites (tertiary alicyclic amines) is 1. The van der Waals surface area contributed by atoms with Gasteiger partial charge in [0.2, 0.25) is 5.91 Å². The zero-order chi connectivity index (χ0) is 19.8. The highest BCUT2D eigenvalue weighted by molar-refractivity contribution is 5.97. The Hall–Kier alpha value is -3.22. The minimum atomic E-state index is -0.0602. The summed E-state index contributed by atoms with van der Waals surface area (Å²) in [6.45, 7) is 2.30. The summed E-state index contributed by atoms with van der Waals surface area (Å²) in [6, 6.07) is 11.4. The van der Waals surface area contributed by atoms with Gasteiger partial charge in [-0.3, -0.25) is 19.7 Å². The summed E-state index contributed by atoms with van der Waals surface area (Å²) in [5.41, 5.74) is 2.46. The van der Waals surface area contributed by atoms with E-state index in [9.17, 15) is 9.59 Å². The van der Waals surface area contributed by atoms with Crippen LogP contribution < -0.4 is 5.32 Å². The van der Waals surface area contributed by atoms with Crippen molar-refractivity contribution in [3.05, 3.63) is 60.0 Å². The van der Waals surface area contributed by atoms with Gasteiger partial charge in [-0.15, -0.1) is 0 Å². The molecule has 2 aromatic heterocycles. The Bertz CT molecular complexity index is 1040. The van der Waals surface area contributed by atoms with Crippen molar-refractivity contribution in [1.82, 2.24) is 25.4 Å².